The maximum Gasteiger partial charge on any atom is 0.306 e. The number of unbranched alkanes of at least 4 members (excludes halogenated alkanes) is 17. The third-order valence-corrected chi connectivity index (χ3v) is 10.1. The highest BCUT2D eigenvalue weighted by Gasteiger charge is 2.19. The number of hydrogen-bond donors (Lipinski definition) is 0. The fourth-order valence-electron chi connectivity index (χ4n) is 6.39. The van der Waals surface area contributed by atoms with Gasteiger partial charge in [0.15, 0.2) is 6.10 Å². The molecule has 0 spiro atoms. The van der Waals surface area contributed by atoms with Gasteiger partial charge in [-0.1, -0.05) is 201 Å². The Morgan fingerprint density at radius 1 is 0.355 bits per heavy atom. The molecule has 0 heterocycles. The lowest BCUT2D eigenvalue weighted by Gasteiger charge is -2.18. The van der Waals surface area contributed by atoms with Gasteiger partial charge in [-0.2, -0.15) is 0 Å². The number of rotatable bonds is 43. The van der Waals surface area contributed by atoms with E-state index in [1.165, 1.54) is 44.9 Å². The van der Waals surface area contributed by atoms with E-state index in [0.29, 0.717) is 12.8 Å². The minimum absolute atomic E-state index is 0.113. The number of carbonyl (C=O) groups is 3. The van der Waals surface area contributed by atoms with Gasteiger partial charge in [0, 0.05) is 19.3 Å². The van der Waals surface area contributed by atoms with Crippen molar-refractivity contribution in [2.24, 2.45) is 0 Å². The molecule has 0 N–H and O–H groups in total. The van der Waals surface area contributed by atoms with Gasteiger partial charge < -0.3 is 14.2 Å². The van der Waals surface area contributed by atoms with Gasteiger partial charge in [-0.3, -0.25) is 14.4 Å². The van der Waals surface area contributed by atoms with Gasteiger partial charge in [-0.15, -0.1) is 0 Å². The molecule has 350 valence electrons. The van der Waals surface area contributed by atoms with Crippen molar-refractivity contribution in [1.29, 1.82) is 0 Å². The third-order valence-electron chi connectivity index (χ3n) is 10.1. The summed E-state index contributed by atoms with van der Waals surface area (Å²) in [6, 6.07) is 0. The van der Waals surface area contributed by atoms with Crippen LogP contribution in [0.25, 0.3) is 0 Å². The maximum absolute atomic E-state index is 12.8. The van der Waals surface area contributed by atoms with Gasteiger partial charge in [0.2, 0.25) is 0 Å². The summed E-state index contributed by atoms with van der Waals surface area (Å²) in [5.41, 5.74) is 0. The summed E-state index contributed by atoms with van der Waals surface area (Å²) < 4.78 is 16.7. The number of carbonyl (C=O) groups excluding carboxylic acids is 3. The van der Waals surface area contributed by atoms with Crippen LogP contribution >= 0.6 is 0 Å². The van der Waals surface area contributed by atoms with Crippen LogP contribution in [0.3, 0.4) is 0 Å². The molecule has 1 atom stereocenters. The molecule has 0 aromatic heterocycles. The molecular weight excluding hydrogens is 769 g/mol. The molecule has 0 aromatic carbocycles. The molecule has 0 saturated carbocycles. The van der Waals surface area contributed by atoms with Gasteiger partial charge in [0.25, 0.3) is 0 Å². The van der Waals surface area contributed by atoms with Crippen LogP contribution in [0.2, 0.25) is 0 Å². The van der Waals surface area contributed by atoms with E-state index >= 15 is 0 Å². The molecule has 0 rings (SSSR count). The Hall–Kier alpha value is -3.93. The summed E-state index contributed by atoms with van der Waals surface area (Å²) in [5, 5.41) is 0. The molecule has 0 aliphatic heterocycles. The number of esters is 3. The van der Waals surface area contributed by atoms with Crippen LogP contribution in [-0.4, -0.2) is 37.2 Å². The first kappa shape index (κ1) is 58.1. The van der Waals surface area contributed by atoms with E-state index in [1.54, 1.807) is 0 Å². The Labute approximate surface area is 380 Å². The van der Waals surface area contributed by atoms with E-state index in [-0.39, 0.29) is 44.0 Å². The molecular formula is C56H90O6. The molecule has 0 aliphatic carbocycles. The normalized spacial score (nSPS) is 13.0. The van der Waals surface area contributed by atoms with Crippen molar-refractivity contribution in [2.75, 3.05) is 13.2 Å². The largest absolute Gasteiger partial charge is 0.462 e. The predicted octanol–water partition coefficient (Wildman–Crippen LogP) is 16.4. The van der Waals surface area contributed by atoms with Crippen molar-refractivity contribution in [3.05, 3.63) is 109 Å². The molecule has 0 radical (unpaired) electrons. The van der Waals surface area contributed by atoms with Crippen molar-refractivity contribution in [2.45, 2.75) is 213 Å². The molecule has 62 heavy (non-hydrogen) atoms. The van der Waals surface area contributed by atoms with Crippen molar-refractivity contribution in [3.8, 4) is 0 Å². The summed E-state index contributed by atoms with van der Waals surface area (Å²) in [7, 11) is 0. The van der Waals surface area contributed by atoms with Crippen LogP contribution in [0.4, 0.5) is 0 Å². The Morgan fingerprint density at radius 3 is 1.24 bits per heavy atom. The average molecular weight is 859 g/mol. The lowest BCUT2D eigenvalue weighted by atomic mass is 10.1. The number of allylic oxidation sites excluding steroid dienone is 18. The monoisotopic (exact) mass is 859 g/mol. The summed E-state index contributed by atoms with van der Waals surface area (Å²) in [6.45, 7) is 6.29. The number of hydrogen-bond acceptors (Lipinski definition) is 6. The SMILES string of the molecule is CC\C=C/C=C\C=C/C=C\CCCCCCCC(=O)OC(COC(=O)CCC/C=C\C/C=C\C/C=C\CCCCCCCC)COC(=O)CCCCCCC/C=C\C/C=C\CC. The van der Waals surface area contributed by atoms with E-state index < -0.39 is 6.10 Å². The van der Waals surface area contributed by atoms with Crippen LogP contribution in [0, 0.1) is 0 Å². The summed E-state index contributed by atoms with van der Waals surface area (Å²) in [4.78, 5) is 37.9. The van der Waals surface area contributed by atoms with Crippen molar-refractivity contribution in [3.63, 3.8) is 0 Å². The molecule has 0 aromatic rings. The second-order valence-electron chi connectivity index (χ2n) is 16.0. The van der Waals surface area contributed by atoms with Crippen LogP contribution in [0.15, 0.2) is 109 Å². The Bertz CT molecular complexity index is 1310. The quantitative estimate of drug-likeness (QED) is 0.0200. The number of ether oxygens (including phenoxy) is 3. The van der Waals surface area contributed by atoms with Crippen LogP contribution < -0.4 is 0 Å². The molecule has 0 aliphatic rings. The molecule has 6 nitrogen and oxygen atoms in total. The lowest BCUT2D eigenvalue weighted by Crippen LogP contribution is -2.30. The Kier molecular flexibility index (Phi) is 46.6. The van der Waals surface area contributed by atoms with Gasteiger partial charge in [0.1, 0.15) is 13.2 Å². The smallest absolute Gasteiger partial charge is 0.306 e. The topological polar surface area (TPSA) is 78.9 Å². The summed E-state index contributed by atoms with van der Waals surface area (Å²) in [5.74, 6) is -1.01. The van der Waals surface area contributed by atoms with Crippen molar-refractivity contribution < 1.29 is 28.6 Å². The van der Waals surface area contributed by atoms with Crippen LogP contribution in [0.5, 0.6) is 0 Å². The predicted molar refractivity (Wildman–Crippen MR) is 265 cm³/mol. The summed E-state index contributed by atoms with van der Waals surface area (Å²) >= 11 is 0. The zero-order chi connectivity index (χ0) is 45.1. The average Bonchev–Trinajstić information content (AvgIpc) is 3.27. The lowest BCUT2D eigenvalue weighted by molar-refractivity contribution is -0.167. The first-order valence-corrected chi connectivity index (χ1v) is 24.9. The second-order valence-corrected chi connectivity index (χ2v) is 16.0. The first-order valence-electron chi connectivity index (χ1n) is 24.9. The summed E-state index contributed by atoms with van der Waals surface area (Å²) in [6.07, 6.45) is 66.5. The minimum Gasteiger partial charge on any atom is -0.462 e. The van der Waals surface area contributed by atoms with E-state index in [1.807, 2.05) is 24.3 Å². The molecule has 0 saturated heterocycles. The zero-order valence-electron chi connectivity index (χ0n) is 39.8. The standard InChI is InChI=1S/C56H90O6/c1-4-7-10-13-16-19-22-25-27-28-30-31-34-37-40-43-46-49-55(58)61-52-53(51-60-54(57)48-45-42-39-36-33-24-21-18-15-12-9-6-3)62-56(59)50-47-44-41-38-35-32-29-26-23-20-17-14-11-8-5-2/h8-9,11-12,14,17-18,20-21,23,25-27,29-31,37,40,53H,4-7,10,13,15-16,19,22,24,28,32-36,38-39,41-52H2,1-3H3/b11-8-,12-9-,17-14-,21-18-,23-20-,27-25-,29-26-,31-30-,40-37-. The fourth-order valence-corrected chi connectivity index (χ4v) is 6.39. The Balaban J connectivity index is 4.53. The van der Waals surface area contributed by atoms with Gasteiger partial charge in [-0.25, -0.2) is 0 Å². The zero-order valence-corrected chi connectivity index (χ0v) is 39.8. The Morgan fingerprint density at radius 2 is 0.726 bits per heavy atom. The highest BCUT2D eigenvalue weighted by atomic mass is 16.6. The molecule has 1 unspecified atom stereocenters. The van der Waals surface area contributed by atoms with Crippen LogP contribution in [0.1, 0.15) is 207 Å². The van der Waals surface area contributed by atoms with Crippen molar-refractivity contribution in [1.82, 2.24) is 0 Å². The highest BCUT2D eigenvalue weighted by molar-refractivity contribution is 5.71. The second kappa shape index (κ2) is 49.7. The first-order chi connectivity index (χ1) is 30.5. The van der Waals surface area contributed by atoms with Crippen LogP contribution in [-0.2, 0) is 28.6 Å². The van der Waals surface area contributed by atoms with Gasteiger partial charge in [-0.05, 0) is 96.3 Å². The van der Waals surface area contributed by atoms with Gasteiger partial charge in [0.05, 0.1) is 0 Å². The maximum atomic E-state index is 12.8. The molecule has 0 fully saturated rings. The van der Waals surface area contributed by atoms with E-state index in [4.69, 9.17) is 14.2 Å². The highest BCUT2D eigenvalue weighted by Crippen LogP contribution is 2.12. The third kappa shape index (κ3) is 47.1. The fraction of sp³-hybridized carbons (Fsp3) is 0.625. The minimum atomic E-state index is -0.817. The van der Waals surface area contributed by atoms with E-state index in [9.17, 15) is 14.4 Å². The van der Waals surface area contributed by atoms with E-state index in [2.05, 4.69) is 106 Å². The molecule has 0 amide bonds. The van der Waals surface area contributed by atoms with E-state index in [0.717, 1.165) is 116 Å². The van der Waals surface area contributed by atoms with Crippen molar-refractivity contribution >= 4 is 17.9 Å². The molecule has 0 bridgehead atoms. The molecule has 6 heteroatoms. The van der Waals surface area contributed by atoms with Gasteiger partial charge >= 0.3 is 17.9 Å².